The Bertz CT molecular complexity index is 505. The number of hydrogen-bond donors (Lipinski definition) is 1. The third kappa shape index (κ3) is 4.16. The molecule has 122 valence electrons. The molecule has 0 radical (unpaired) electrons. The monoisotopic (exact) mass is 320 g/mol. The van der Waals surface area contributed by atoms with Crippen LogP contribution in [0.1, 0.15) is 39.5 Å². The molecule has 0 aliphatic carbocycles. The van der Waals surface area contributed by atoms with E-state index < -0.39 is 33.5 Å². The minimum absolute atomic E-state index is 0.333. The maximum Gasteiger partial charge on any atom is 0.331 e. The van der Waals surface area contributed by atoms with Gasteiger partial charge in [-0.1, -0.05) is 13.3 Å². The van der Waals surface area contributed by atoms with Gasteiger partial charge < -0.3 is 10.1 Å². The topological polar surface area (TPSA) is 92.8 Å². The molecule has 1 aliphatic rings. The lowest BCUT2D eigenvalue weighted by Gasteiger charge is -2.30. The van der Waals surface area contributed by atoms with Gasteiger partial charge in [-0.2, -0.15) is 4.31 Å². The van der Waals surface area contributed by atoms with Crippen molar-refractivity contribution >= 4 is 21.9 Å². The SMILES string of the molecule is CCCC(C)(NC(=O)C1CCCN1S(C)(=O)=O)C(=O)OC. The number of sulfonamides is 1. The molecule has 1 N–H and O–H groups in total. The van der Waals surface area contributed by atoms with Crippen molar-refractivity contribution < 1.29 is 22.7 Å². The average Bonchev–Trinajstić information content (AvgIpc) is 2.87. The molecular weight excluding hydrogens is 296 g/mol. The Morgan fingerprint density at radius 2 is 2.05 bits per heavy atom. The number of carbonyl (C=O) groups is 2. The maximum atomic E-state index is 12.4. The third-order valence-corrected chi connectivity index (χ3v) is 5.01. The number of hydrogen-bond acceptors (Lipinski definition) is 5. The molecule has 1 rings (SSSR count). The molecule has 1 saturated heterocycles. The van der Waals surface area contributed by atoms with Gasteiger partial charge in [-0.25, -0.2) is 13.2 Å². The Hall–Kier alpha value is -1.15. The van der Waals surface area contributed by atoms with Crippen LogP contribution in [0, 0.1) is 0 Å². The van der Waals surface area contributed by atoms with E-state index in [2.05, 4.69) is 5.32 Å². The molecule has 0 aromatic carbocycles. The van der Waals surface area contributed by atoms with Crippen LogP contribution in [0.5, 0.6) is 0 Å². The molecule has 1 amide bonds. The van der Waals surface area contributed by atoms with E-state index >= 15 is 0 Å². The van der Waals surface area contributed by atoms with Gasteiger partial charge in [0, 0.05) is 6.54 Å². The van der Waals surface area contributed by atoms with Gasteiger partial charge in [-0.15, -0.1) is 0 Å². The fourth-order valence-corrected chi connectivity index (χ4v) is 3.82. The number of rotatable bonds is 6. The summed E-state index contributed by atoms with van der Waals surface area (Å²) >= 11 is 0. The first-order chi connectivity index (χ1) is 9.65. The van der Waals surface area contributed by atoms with Gasteiger partial charge in [0.25, 0.3) is 0 Å². The maximum absolute atomic E-state index is 12.4. The van der Waals surface area contributed by atoms with Crippen molar-refractivity contribution in [2.45, 2.75) is 51.1 Å². The van der Waals surface area contributed by atoms with Crippen molar-refractivity contribution in [3.05, 3.63) is 0 Å². The highest BCUT2D eigenvalue weighted by Crippen LogP contribution is 2.22. The molecule has 1 fully saturated rings. The van der Waals surface area contributed by atoms with Crippen LogP contribution < -0.4 is 5.32 Å². The zero-order valence-electron chi connectivity index (χ0n) is 13.0. The summed E-state index contributed by atoms with van der Waals surface area (Å²) in [5, 5.41) is 2.67. The van der Waals surface area contributed by atoms with Crippen LogP contribution in [0.3, 0.4) is 0 Å². The molecule has 0 saturated carbocycles. The van der Waals surface area contributed by atoms with Gasteiger partial charge in [-0.05, 0) is 26.2 Å². The Balaban J connectivity index is 2.90. The predicted octanol–water partition coefficient (Wildman–Crippen LogP) is 0.258. The molecule has 0 aromatic heterocycles. The van der Waals surface area contributed by atoms with E-state index in [1.54, 1.807) is 6.92 Å². The van der Waals surface area contributed by atoms with Crippen molar-refractivity contribution in [3.63, 3.8) is 0 Å². The smallest absolute Gasteiger partial charge is 0.331 e. The Morgan fingerprint density at radius 1 is 1.43 bits per heavy atom. The number of nitrogens with zero attached hydrogens (tertiary/aromatic N) is 1. The van der Waals surface area contributed by atoms with Crippen molar-refractivity contribution in [2.24, 2.45) is 0 Å². The Kier molecular flexibility index (Phi) is 5.75. The summed E-state index contributed by atoms with van der Waals surface area (Å²) in [5.41, 5.74) is -1.13. The van der Waals surface area contributed by atoms with E-state index in [1.165, 1.54) is 11.4 Å². The first-order valence-corrected chi connectivity index (χ1v) is 8.88. The lowest BCUT2D eigenvalue weighted by molar-refractivity contribution is -0.151. The van der Waals surface area contributed by atoms with Crippen LogP contribution in [0.4, 0.5) is 0 Å². The number of amides is 1. The molecular formula is C13H24N2O5S. The highest BCUT2D eigenvalue weighted by molar-refractivity contribution is 7.88. The second-order valence-electron chi connectivity index (χ2n) is 5.59. The number of ether oxygens (including phenoxy) is 1. The number of nitrogens with one attached hydrogen (secondary N) is 1. The number of carbonyl (C=O) groups excluding carboxylic acids is 2. The van der Waals surface area contributed by atoms with E-state index in [0.717, 1.165) is 6.26 Å². The van der Waals surface area contributed by atoms with Gasteiger partial charge in [0.2, 0.25) is 15.9 Å². The van der Waals surface area contributed by atoms with Gasteiger partial charge in [0.1, 0.15) is 11.6 Å². The van der Waals surface area contributed by atoms with E-state index in [9.17, 15) is 18.0 Å². The van der Waals surface area contributed by atoms with Crippen molar-refractivity contribution in [2.75, 3.05) is 19.9 Å². The molecule has 7 nitrogen and oxygen atoms in total. The summed E-state index contributed by atoms with van der Waals surface area (Å²) in [5.74, 6) is -0.971. The molecule has 2 unspecified atom stereocenters. The second-order valence-corrected chi connectivity index (χ2v) is 7.53. The molecule has 1 aliphatic heterocycles. The molecule has 0 spiro atoms. The molecule has 1 heterocycles. The predicted molar refractivity (Wildman–Crippen MR) is 78.0 cm³/mol. The zero-order chi connectivity index (χ0) is 16.3. The minimum Gasteiger partial charge on any atom is -0.467 e. The fraction of sp³-hybridized carbons (Fsp3) is 0.846. The minimum atomic E-state index is -3.43. The summed E-state index contributed by atoms with van der Waals surface area (Å²) < 4.78 is 29.3. The van der Waals surface area contributed by atoms with Crippen LogP contribution in [-0.2, 0) is 24.3 Å². The molecule has 8 heteroatoms. The zero-order valence-corrected chi connectivity index (χ0v) is 13.8. The highest BCUT2D eigenvalue weighted by Gasteiger charge is 2.41. The van der Waals surface area contributed by atoms with Gasteiger partial charge in [0.15, 0.2) is 0 Å². The summed E-state index contributed by atoms with van der Waals surface area (Å²) in [6.45, 7) is 3.82. The van der Waals surface area contributed by atoms with Crippen LogP contribution in [0.25, 0.3) is 0 Å². The molecule has 21 heavy (non-hydrogen) atoms. The first-order valence-electron chi connectivity index (χ1n) is 7.03. The van der Waals surface area contributed by atoms with E-state index in [1.807, 2.05) is 6.92 Å². The Labute approximate surface area is 126 Å². The average molecular weight is 320 g/mol. The molecule has 0 bridgehead atoms. The summed E-state index contributed by atoms with van der Waals surface area (Å²) in [4.78, 5) is 24.3. The molecule has 2 atom stereocenters. The normalized spacial score (nSPS) is 22.6. The molecule has 0 aromatic rings. The standard InChI is InChI=1S/C13H24N2O5S/c1-5-8-13(2,12(17)20-3)14-11(16)10-7-6-9-15(10)21(4,18)19/h10H,5-9H2,1-4H3,(H,14,16). The summed E-state index contributed by atoms with van der Waals surface area (Å²) in [6.07, 6.45) is 3.30. The van der Waals surface area contributed by atoms with E-state index in [4.69, 9.17) is 4.74 Å². The van der Waals surface area contributed by atoms with Crippen molar-refractivity contribution in [3.8, 4) is 0 Å². The quantitative estimate of drug-likeness (QED) is 0.709. The van der Waals surface area contributed by atoms with Gasteiger partial charge in [-0.3, -0.25) is 4.79 Å². The van der Waals surface area contributed by atoms with E-state index in [-0.39, 0.29) is 0 Å². The van der Waals surface area contributed by atoms with Crippen LogP contribution in [0.15, 0.2) is 0 Å². The van der Waals surface area contributed by atoms with Crippen molar-refractivity contribution in [1.82, 2.24) is 9.62 Å². The summed E-state index contributed by atoms with van der Waals surface area (Å²) in [7, 11) is -2.17. The summed E-state index contributed by atoms with van der Waals surface area (Å²) in [6, 6.07) is -0.749. The van der Waals surface area contributed by atoms with Crippen molar-refractivity contribution in [1.29, 1.82) is 0 Å². The van der Waals surface area contributed by atoms with Gasteiger partial charge >= 0.3 is 5.97 Å². The first kappa shape index (κ1) is 17.9. The van der Waals surface area contributed by atoms with Crippen LogP contribution in [-0.4, -0.2) is 56.1 Å². The lowest BCUT2D eigenvalue weighted by atomic mass is 9.95. The van der Waals surface area contributed by atoms with Crippen LogP contribution in [0.2, 0.25) is 0 Å². The lowest BCUT2D eigenvalue weighted by Crippen LogP contribution is -2.57. The largest absolute Gasteiger partial charge is 0.467 e. The second kappa shape index (κ2) is 6.74. The fourth-order valence-electron chi connectivity index (χ4n) is 2.70. The number of esters is 1. The van der Waals surface area contributed by atoms with E-state index in [0.29, 0.717) is 32.2 Å². The van der Waals surface area contributed by atoms with Crippen LogP contribution >= 0.6 is 0 Å². The Morgan fingerprint density at radius 3 is 2.52 bits per heavy atom. The highest BCUT2D eigenvalue weighted by atomic mass is 32.2. The third-order valence-electron chi connectivity index (χ3n) is 3.72. The van der Waals surface area contributed by atoms with Gasteiger partial charge in [0.05, 0.1) is 13.4 Å². The number of methoxy groups -OCH3 is 1.